The van der Waals surface area contributed by atoms with Gasteiger partial charge >= 0.3 is 0 Å². The molecule has 0 atom stereocenters. The Balaban J connectivity index is 1.81. The lowest BCUT2D eigenvalue weighted by molar-refractivity contribution is -0.115. The first-order valence-electron chi connectivity index (χ1n) is 6.39. The van der Waals surface area contributed by atoms with Gasteiger partial charge in [0.15, 0.2) is 0 Å². The summed E-state index contributed by atoms with van der Waals surface area (Å²) >= 11 is 7.76. The molecule has 1 N–H and O–H groups in total. The van der Waals surface area contributed by atoms with Crippen LogP contribution in [0.1, 0.15) is 12.0 Å². The fourth-order valence-corrected chi connectivity index (χ4v) is 2.87. The maximum atomic E-state index is 11.9. The van der Waals surface area contributed by atoms with Gasteiger partial charge in [-0.2, -0.15) is 0 Å². The number of amides is 1. The SMILES string of the molecule is Cc1ccc(NC(=O)CCSc2ccccc2)c(Cl)c1. The number of nitrogens with one attached hydrogen (secondary N) is 1. The summed E-state index contributed by atoms with van der Waals surface area (Å²) in [5.41, 5.74) is 1.75. The third-order valence-electron chi connectivity index (χ3n) is 2.74. The van der Waals surface area contributed by atoms with Crippen LogP contribution in [-0.2, 0) is 4.79 Å². The van der Waals surface area contributed by atoms with E-state index >= 15 is 0 Å². The number of anilines is 1. The molecule has 0 aliphatic heterocycles. The number of halogens is 1. The predicted octanol–water partition coefficient (Wildman–Crippen LogP) is 4.77. The van der Waals surface area contributed by atoms with Gasteiger partial charge in [0.25, 0.3) is 0 Å². The molecule has 0 aromatic heterocycles. The number of thioether (sulfide) groups is 1. The van der Waals surface area contributed by atoms with Crippen molar-refractivity contribution >= 4 is 35.0 Å². The molecule has 0 spiro atoms. The molecule has 2 aromatic carbocycles. The minimum atomic E-state index is -0.0146. The topological polar surface area (TPSA) is 29.1 Å². The van der Waals surface area contributed by atoms with Crippen LogP contribution in [0.15, 0.2) is 53.4 Å². The molecule has 0 heterocycles. The Bertz CT molecular complexity index is 586. The average molecular weight is 306 g/mol. The number of rotatable bonds is 5. The number of hydrogen-bond donors (Lipinski definition) is 1. The van der Waals surface area contributed by atoms with Crippen LogP contribution in [0.25, 0.3) is 0 Å². The first-order valence-corrected chi connectivity index (χ1v) is 7.75. The first kappa shape index (κ1) is 14.9. The molecular formula is C16H16ClNOS. The van der Waals surface area contributed by atoms with Crippen molar-refractivity contribution in [2.75, 3.05) is 11.1 Å². The third-order valence-corrected chi connectivity index (χ3v) is 4.07. The molecule has 0 radical (unpaired) electrons. The van der Waals surface area contributed by atoms with Gasteiger partial charge in [-0.1, -0.05) is 35.9 Å². The standard InChI is InChI=1S/C16H16ClNOS/c1-12-7-8-15(14(17)11-12)18-16(19)9-10-20-13-5-3-2-4-6-13/h2-8,11H,9-10H2,1H3,(H,18,19). The molecule has 2 nitrogen and oxygen atoms in total. The maximum Gasteiger partial charge on any atom is 0.225 e. The second kappa shape index (κ2) is 7.36. The van der Waals surface area contributed by atoms with Crippen molar-refractivity contribution in [2.45, 2.75) is 18.2 Å². The van der Waals surface area contributed by atoms with Gasteiger partial charge in [-0.15, -0.1) is 11.8 Å². The summed E-state index contributed by atoms with van der Waals surface area (Å²) in [6.07, 6.45) is 0.462. The number of carbonyl (C=O) groups is 1. The van der Waals surface area contributed by atoms with E-state index in [2.05, 4.69) is 5.32 Å². The summed E-state index contributed by atoms with van der Waals surface area (Å²) < 4.78 is 0. The van der Waals surface area contributed by atoms with Crippen LogP contribution >= 0.6 is 23.4 Å². The summed E-state index contributed by atoms with van der Waals surface area (Å²) in [5, 5.41) is 3.42. The molecule has 2 rings (SSSR count). The highest BCUT2D eigenvalue weighted by molar-refractivity contribution is 7.99. The monoisotopic (exact) mass is 305 g/mol. The van der Waals surface area contributed by atoms with Gasteiger partial charge in [0.05, 0.1) is 10.7 Å². The van der Waals surface area contributed by atoms with E-state index in [0.29, 0.717) is 17.1 Å². The Kier molecular flexibility index (Phi) is 5.50. The molecule has 0 aliphatic rings. The second-order valence-electron chi connectivity index (χ2n) is 4.44. The van der Waals surface area contributed by atoms with Gasteiger partial charge in [0.2, 0.25) is 5.91 Å². The van der Waals surface area contributed by atoms with Crippen molar-refractivity contribution in [1.82, 2.24) is 0 Å². The fourth-order valence-electron chi connectivity index (χ4n) is 1.71. The quantitative estimate of drug-likeness (QED) is 0.806. The summed E-state index contributed by atoms with van der Waals surface area (Å²) in [6, 6.07) is 15.7. The van der Waals surface area contributed by atoms with E-state index in [1.54, 1.807) is 11.8 Å². The molecule has 20 heavy (non-hydrogen) atoms. The molecule has 1 amide bonds. The third kappa shape index (κ3) is 4.58. The molecule has 0 bridgehead atoms. The average Bonchev–Trinajstić information content (AvgIpc) is 2.43. The Morgan fingerprint density at radius 3 is 2.65 bits per heavy atom. The Morgan fingerprint density at radius 1 is 1.20 bits per heavy atom. The molecule has 0 saturated heterocycles. The van der Waals surface area contributed by atoms with Gasteiger partial charge < -0.3 is 5.32 Å². The number of carbonyl (C=O) groups excluding carboxylic acids is 1. The highest BCUT2D eigenvalue weighted by atomic mass is 35.5. The summed E-state index contributed by atoms with van der Waals surface area (Å²) in [5.74, 6) is 0.735. The zero-order chi connectivity index (χ0) is 14.4. The van der Waals surface area contributed by atoms with Gasteiger partial charge in [-0.3, -0.25) is 4.79 Å². The molecule has 0 aliphatic carbocycles. The lowest BCUT2D eigenvalue weighted by atomic mass is 10.2. The van der Waals surface area contributed by atoms with E-state index < -0.39 is 0 Å². The van der Waals surface area contributed by atoms with Crippen LogP contribution in [0.2, 0.25) is 5.02 Å². The summed E-state index contributed by atoms with van der Waals surface area (Å²) in [7, 11) is 0. The van der Waals surface area contributed by atoms with Crippen molar-refractivity contribution in [2.24, 2.45) is 0 Å². The molecule has 0 fully saturated rings. The number of hydrogen-bond acceptors (Lipinski definition) is 2. The van der Waals surface area contributed by atoms with Crippen LogP contribution in [0.5, 0.6) is 0 Å². The molecular weight excluding hydrogens is 290 g/mol. The normalized spacial score (nSPS) is 10.3. The van der Waals surface area contributed by atoms with E-state index in [0.717, 1.165) is 11.3 Å². The molecule has 0 saturated carbocycles. The molecule has 0 unspecified atom stereocenters. The smallest absolute Gasteiger partial charge is 0.225 e. The van der Waals surface area contributed by atoms with E-state index in [-0.39, 0.29) is 5.91 Å². The summed E-state index contributed by atoms with van der Waals surface area (Å²) in [4.78, 5) is 13.0. The van der Waals surface area contributed by atoms with Crippen molar-refractivity contribution < 1.29 is 4.79 Å². The first-order chi connectivity index (χ1) is 9.65. The minimum absolute atomic E-state index is 0.0146. The van der Waals surface area contributed by atoms with Crippen molar-refractivity contribution in [3.63, 3.8) is 0 Å². The predicted molar refractivity (Wildman–Crippen MR) is 86.6 cm³/mol. The van der Waals surface area contributed by atoms with E-state index in [4.69, 9.17) is 11.6 Å². The van der Waals surface area contributed by atoms with Crippen LogP contribution in [0, 0.1) is 6.92 Å². The maximum absolute atomic E-state index is 11.9. The van der Waals surface area contributed by atoms with Crippen LogP contribution in [0.3, 0.4) is 0 Å². The number of aryl methyl sites for hydroxylation is 1. The Hall–Kier alpha value is -1.45. The fraction of sp³-hybridized carbons (Fsp3) is 0.188. The van der Waals surface area contributed by atoms with Crippen molar-refractivity contribution in [1.29, 1.82) is 0 Å². The Morgan fingerprint density at radius 2 is 1.95 bits per heavy atom. The molecule has 4 heteroatoms. The minimum Gasteiger partial charge on any atom is -0.325 e. The number of benzene rings is 2. The van der Waals surface area contributed by atoms with Crippen LogP contribution in [-0.4, -0.2) is 11.7 Å². The zero-order valence-electron chi connectivity index (χ0n) is 11.2. The lowest BCUT2D eigenvalue weighted by Gasteiger charge is -2.07. The van der Waals surface area contributed by atoms with E-state index in [9.17, 15) is 4.79 Å². The highest BCUT2D eigenvalue weighted by Crippen LogP contribution is 2.23. The van der Waals surface area contributed by atoms with E-state index in [1.165, 1.54) is 4.90 Å². The van der Waals surface area contributed by atoms with Crippen LogP contribution < -0.4 is 5.32 Å². The van der Waals surface area contributed by atoms with Gasteiger partial charge in [0, 0.05) is 17.1 Å². The Labute approximate surface area is 128 Å². The van der Waals surface area contributed by atoms with Gasteiger partial charge in [-0.25, -0.2) is 0 Å². The largest absolute Gasteiger partial charge is 0.325 e. The van der Waals surface area contributed by atoms with Crippen molar-refractivity contribution in [3.8, 4) is 0 Å². The van der Waals surface area contributed by atoms with E-state index in [1.807, 2.05) is 55.5 Å². The van der Waals surface area contributed by atoms with Gasteiger partial charge in [-0.05, 0) is 36.8 Å². The van der Waals surface area contributed by atoms with Gasteiger partial charge in [0.1, 0.15) is 0 Å². The second-order valence-corrected chi connectivity index (χ2v) is 6.02. The summed E-state index contributed by atoms with van der Waals surface area (Å²) in [6.45, 7) is 1.97. The molecule has 2 aromatic rings. The zero-order valence-corrected chi connectivity index (χ0v) is 12.8. The van der Waals surface area contributed by atoms with Crippen LogP contribution in [0.4, 0.5) is 5.69 Å². The van der Waals surface area contributed by atoms with Crippen molar-refractivity contribution in [3.05, 3.63) is 59.1 Å². The molecule has 104 valence electrons. The highest BCUT2D eigenvalue weighted by Gasteiger charge is 2.06. The lowest BCUT2D eigenvalue weighted by Crippen LogP contribution is -2.12.